The molecule has 0 bridgehead atoms. The quantitative estimate of drug-likeness (QED) is 0.650. The van der Waals surface area contributed by atoms with E-state index in [0.29, 0.717) is 6.04 Å². The Kier molecular flexibility index (Phi) is 6.13. The van der Waals surface area contributed by atoms with Gasteiger partial charge in [-0.15, -0.1) is 10.2 Å². The molecule has 6 heteroatoms. The van der Waals surface area contributed by atoms with Crippen LogP contribution < -0.4 is 5.32 Å². The Morgan fingerprint density at radius 3 is 2.52 bits per heavy atom. The fraction of sp³-hybridized carbons (Fsp3) is 0.526. The Morgan fingerprint density at radius 1 is 1.16 bits per heavy atom. The van der Waals surface area contributed by atoms with E-state index in [9.17, 15) is 4.79 Å². The summed E-state index contributed by atoms with van der Waals surface area (Å²) in [7, 11) is 0. The molecule has 1 aliphatic rings. The van der Waals surface area contributed by atoms with E-state index in [1.54, 1.807) is 0 Å². The summed E-state index contributed by atoms with van der Waals surface area (Å²) in [5.41, 5.74) is 1.02. The molecule has 5 nitrogen and oxygen atoms in total. The van der Waals surface area contributed by atoms with Crippen LogP contribution in [0, 0.1) is 6.92 Å². The number of aryl methyl sites for hydroxylation is 1. The monoisotopic (exact) mass is 358 g/mol. The van der Waals surface area contributed by atoms with Crippen molar-refractivity contribution in [2.75, 3.05) is 0 Å². The molecule has 25 heavy (non-hydrogen) atoms. The molecule has 3 rings (SSSR count). The number of carbonyl (C=O) groups is 1. The minimum atomic E-state index is -0.200. The second-order valence-electron chi connectivity index (χ2n) is 6.66. The summed E-state index contributed by atoms with van der Waals surface area (Å²) in [5.74, 6) is 0.919. The number of para-hydroxylation sites is 1. The van der Waals surface area contributed by atoms with E-state index in [1.165, 1.54) is 37.4 Å². The van der Waals surface area contributed by atoms with E-state index in [1.807, 2.05) is 48.7 Å². The zero-order valence-electron chi connectivity index (χ0n) is 14.9. The molecule has 1 N–H and O–H groups in total. The van der Waals surface area contributed by atoms with Crippen molar-refractivity contribution in [3.05, 3.63) is 36.2 Å². The predicted molar refractivity (Wildman–Crippen MR) is 101 cm³/mol. The lowest BCUT2D eigenvalue weighted by molar-refractivity contribution is -0.121. The van der Waals surface area contributed by atoms with Gasteiger partial charge in [-0.25, -0.2) is 0 Å². The number of amides is 1. The van der Waals surface area contributed by atoms with Gasteiger partial charge in [-0.1, -0.05) is 55.6 Å². The number of thioether (sulfide) groups is 1. The molecule has 0 aliphatic heterocycles. The van der Waals surface area contributed by atoms with Gasteiger partial charge in [-0.2, -0.15) is 0 Å². The van der Waals surface area contributed by atoms with E-state index >= 15 is 0 Å². The Balaban J connectivity index is 1.67. The van der Waals surface area contributed by atoms with Crippen molar-refractivity contribution in [1.29, 1.82) is 0 Å². The first-order chi connectivity index (χ1) is 12.1. The molecular weight excluding hydrogens is 332 g/mol. The molecule has 1 heterocycles. The Hall–Kier alpha value is -1.82. The highest BCUT2D eigenvalue weighted by Gasteiger charge is 2.22. The summed E-state index contributed by atoms with van der Waals surface area (Å²) >= 11 is 1.47. The maximum atomic E-state index is 12.6. The van der Waals surface area contributed by atoms with Crippen LogP contribution in [0.2, 0.25) is 0 Å². The smallest absolute Gasteiger partial charge is 0.233 e. The molecule has 1 saturated carbocycles. The maximum absolute atomic E-state index is 12.6. The lowest BCUT2D eigenvalue weighted by atomic mass is 10.1. The standard InChI is InChI=1S/C19H26N4OS/c1-14(18(24)20-16-10-6-3-4-7-11-16)25-19-22-21-15(2)23(19)17-12-8-5-9-13-17/h5,8-9,12-14,16H,3-4,6-7,10-11H2,1-2H3,(H,20,24)/t14-/m1/s1. The highest BCUT2D eigenvalue weighted by Crippen LogP contribution is 2.26. The van der Waals surface area contributed by atoms with Crippen molar-refractivity contribution >= 4 is 17.7 Å². The van der Waals surface area contributed by atoms with Crippen LogP contribution in [0.1, 0.15) is 51.3 Å². The lowest BCUT2D eigenvalue weighted by Gasteiger charge is -2.19. The largest absolute Gasteiger partial charge is 0.352 e. The molecule has 1 amide bonds. The number of hydrogen-bond donors (Lipinski definition) is 1. The van der Waals surface area contributed by atoms with E-state index in [4.69, 9.17) is 0 Å². The molecule has 0 radical (unpaired) electrons. The number of aromatic nitrogens is 3. The molecule has 1 fully saturated rings. The molecule has 1 aromatic heterocycles. The highest BCUT2D eigenvalue weighted by molar-refractivity contribution is 8.00. The van der Waals surface area contributed by atoms with Crippen molar-refractivity contribution in [2.45, 2.75) is 68.8 Å². The summed E-state index contributed by atoms with van der Waals surface area (Å²) in [6.07, 6.45) is 7.21. The van der Waals surface area contributed by atoms with Gasteiger partial charge in [0, 0.05) is 11.7 Å². The summed E-state index contributed by atoms with van der Waals surface area (Å²) in [5, 5.41) is 12.3. The third-order valence-corrected chi connectivity index (χ3v) is 5.71. The minimum absolute atomic E-state index is 0.0946. The van der Waals surface area contributed by atoms with E-state index in [-0.39, 0.29) is 11.2 Å². The average Bonchev–Trinajstić information content (AvgIpc) is 2.82. The highest BCUT2D eigenvalue weighted by atomic mass is 32.2. The van der Waals surface area contributed by atoms with Gasteiger partial charge >= 0.3 is 0 Å². The van der Waals surface area contributed by atoms with Gasteiger partial charge in [-0.05, 0) is 38.8 Å². The third kappa shape index (κ3) is 4.63. The summed E-state index contributed by atoms with van der Waals surface area (Å²) in [6.45, 7) is 3.87. The van der Waals surface area contributed by atoms with E-state index in [0.717, 1.165) is 29.5 Å². The third-order valence-electron chi connectivity index (χ3n) is 4.66. The number of rotatable bonds is 5. The molecule has 1 aliphatic carbocycles. The van der Waals surface area contributed by atoms with Crippen molar-refractivity contribution in [3.8, 4) is 5.69 Å². The fourth-order valence-corrected chi connectivity index (χ4v) is 4.17. The molecule has 0 saturated heterocycles. The van der Waals surface area contributed by atoms with E-state index < -0.39 is 0 Å². The van der Waals surface area contributed by atoms with Crippen LogP contribution in [-0.4, -0.2) is 32.0 Å². The van der Waals surface area contributed by atoms with Gasteiger partial charge in [0.05, 0.1) is 5.25 Å². The summed E-state index contributed by atoms with van der Waals surface area (Å²) in [6, 6.07) is 10.3. The Bertz CT molecular complexity index is 693. The number of nitrogens with one attached hydrogen (secondary N) is 1. The van der Waals surface area contributed by atoms with Crippen LogP contribution in [0.15, 0.2) is 35.5 Å². The van der Waals surface area contributed by atoms with Gasteiger partial charge in [-0.3, -0.25) is 9.36 Å². The average molecular weight is 359 g/mol. The van der Waals surface area contributed by atoms with E-state index in [2.05, 4.69) is 15.5 Å². The number of carbonyl (C=O) groups excluding carboxylic acids is 1. The zero-order valence-corrected chi connectivity index (χ0v) is 15.8. The molecule has 2 aromatic rings. The van der Waals surface area contributed by atoms with Crippen LogP contribution in [0.4, 0.5) is 0 Å². The molecule has 134 valence electrons. The van der Waals surface area contributed by atoms with Gasteiger partial charge in [0.1, 0.15) is 5.82 Å². The van der Waals surface area contributed by atoms with Crippen LogP contribution in [0.25, 0.3) is 5.69 Å². The molecule has 0 spiro atoms. The number of nitrogens with zero attached hydrogens (tertiary/aromatic N) is 3. The predicted octanol–water partition coefficient (Wildman–Crippen LogP) is 3.90. The fourth-order valence-electron chi connectivity index (χ4n) is 3.25. The molecule has 0 unspecified atom stereocenters. The van der Waals surface area contributed by atoms with Crippen LogP contribution in [0.5, 0.6) is 0 Å². The normalized spacial score (nSPS) is 17.0. The topological polar surface area (TPSA) is 59.8 Å². The van der Waals surface area contributed by atoms with Crippen molar-refractivity contribution in [3.63, 3.8) is 0 Å². The van der Waals surface area contributed by atoms with Gasteiger partial charge in [0.25, 0.3) is 0 Å². The minimum Gasteiger partial charge on any atom is -0.352 e. The van der Waals surface area contributed by atoms with Crippen LogP contribution in [0.3, 0.4) is 0 Å². The van der Waals surface area contributed by atoms with Crippen molar-refractivity contribution < 1.29 is 4.79 Å². The molecular formula is C19H26N4OS. The Labute approximate surface area is 153 Å². The number of hydrogen-bond acceptors (Lipinski definition) is 4. The molecule has 1 atom stereocenters. The molecule has 1 aromatic carbocycles. The first-order valence-corrected chi connectivity index (χ1v) is 9.97. The van der Waals surface area contributed by atoms with Gasteiger partial charge < -0.3 is 5.32 Å². The zero-order chi connectivity index (χ0) is 17.6. The maximum Gasteiger partial charge on any atom is 0.233 e. The SMILES string of the molecule is Cc1nnc(S[C@H](C)C(=O)NC2CCCCCC2)n1-c1ccccc1. The summed E-state index contributed by atoms with van der Waals surface area (Å²) < 4.78 is 2.00. The van der Waals surface area contributed by atoms with Crippen LogP contribution in [-0.2, 0) is 4.79 Å². The van der Waals surface area contributed by atoms with Crippen LogP contribution >= 0.6 is 11.8 Å². The first kappa shape index (κ1) is 18.0. The van der Waals surface area contributed by atoms with Gasteiger partial charge in [0.15, 0.2) is 5.16 Å². The first-order valence-electron chi connectivity index (χ1n) is 9.09. The van der Waals surface area contributed by atoms with Crippen molar-refractivity contribution in [2.24, 2.45) is 0 Å². The van der Waals surface area contributed by atoms with Gasteiger partial charge in [0.2, 0.25) is 5.91 Å². The summed E-state index contributed by atoms with van der Waals surface area (Å²) in [4.78, 5) is 12.6. The second-order valence-corrected chi connectivity index (χ2v) is 7.97. The second kappa shape index (κ2) is 8.52. The number of benzene rings is 1. The Morgan fingerprint density at radius 2 is 1.84 bits per heavy atom. The lowest BCUT2D eigenvalue weighted by Crippen LogP contribution is -2.39. The van der Waals surface area contributed by atoms with Crippen molar-refractivity contribution in [1.82, 2.24) is 20.1 Å².